The van der Waals surface area contributed by atoms with E-state index in [0.717, 1.165) is 25.3 Å². The zero-order valence-electron chi connectivity index (χ0n) is 12.8. The fourth-order valence-electron chi connectivity index (χ4n) is 2.45. The minimum Gasteiger partial charge on any atom is -0.508 e. The number of pyridine rings is 2. The van der Waals surface area contributed by atoms with E-state index in [2.05, 4.69) is 14.9 Å². The quantitative estimate of drug-likeness (QED) is 0.758. The first-order chi connectivity index (χ1) is 11.3. The molecule has 0 spiro atoms. The molecule has 0 atom stereocenters. The van der Waals surface area contributed by atoms with Gasteiger partial charge in [0.25, 0.3) is 0 Å². The van der Waals surface area contributed by atoms with Gasteiger partial charge in [-0.2, -0.15) is 0 Å². The van der Waals surface area contributed by atoms with Crippen LogP contribution in [0.2, 0.25) is 0 Å². The van der Waals surface area contributed by atoms with Crippen LogP contribution in [0.25, 0.3) is 0 Å². The summed E-state index contributed by atoms with van der Waals surface area (Å²) in [5, 5.41) is 9.38. The summed E-state index contributed by atoms with van der Waals surface area (Å²) in [5.41, 5.74) is 2.40. The van der Waals surface area contributed by atoms with Crippen LogP contribution in [0.3, 0.4) is 0 Å². The van der Waals surface area contributed by atoms with Crippen LogP contribution in [-0.4, -0.2) is 21.6 Å². The molecule has 0 aliphatic heterocycles. The van der Waals surface area contributed by atoms with Crippen molar-refractivity contribution < 1.29 is 5.11 Å². The van der Waals surface area contributed by atoms with Crippen LogP contribution in [-0.2, 0) is 13.0 Å². The zero-order chi connectivity index (χ0) is 15.9. The SMILES string of the molecule is Oc1ccc(CCN(Cc2ccncc2)c2ccccn2)cc1. The van der Waals surface area contributed by atoms with Crippen molar-refractivity contribution in [3.63, 3.8) is 0 Å². The summed E-state index contributed by atoms with van der Waals surface area (Å²) in [6, 6.07) is 17.4. The molecule has 0 saturated heterocycles. The summed E-state index contributed by atoms with van der Waals surface area (Å²) < 4.78 is 0. The highest BCUT2D eigenvalue weighted by atomic mass is 16.3. The molecule has 2 aromatic heterocycles. The van der Waals surface area contributed by atoms with E-state index in [9.17, 15) is 5.11 Å². The summed E-state index contributed by atoms with van der Waals surface area (Å²) >= 11 is 0. The first-order valence-corrected chi connectivity index (χ1v) is 7.64. The van der Waals surface area contributed by atoms with E-state index in [0.29, 0.717) is 5.75 Å². The number of phenolic OH excluding ortho intramolecular Hbond substituents is 1. The predicted octanol–water partition coefficient (Wildman–Crippen LogP) is 3.43. The fourth-order valence-corrected chi connectivity index (χ4v) is 2.45. The number of hydrogen-bond acceptors (Lipinski definition) is 4. The second-order valence-corrected chi connectivity index (χ2v) is 5.38. The number of hydrogen-bond donors (Lipinski definition) is 1. The highest BCUT2D eigenvalue weighted by Crippen LogP contribution is 2.16. The second kappa shape index (κ2) is 7.40. The Morgan fingerprint density at radius 3 is 2.30 bits per heavy atom. The Hall–Kier alpha value is -2.88. The van der Waals surface area contributed by atoms with Crippen molar-refractivity contribution in [1.29, 1.82) is 0 Å². The van der Waals surface area contributed by atoms with Gasteiger partial charge in [0.15, 0.2) is 0 Å². The third-order valence-electron chi connectivity index (χ3n) is 3.70. The summed E-state index contributed by atoms with van der Waals surface area (Å²) in [4.78, 5) is 10.8. The topological polar surface area (TPSA) is 49.2 Å². The van der Waals surface area contributed by atoms with Crippen molar-refractivity contribution in [3.05, 3.63) is 84.3 Å². The lowest BCUT2D eigenvalue weighted by molar-refractivity contribution is 0.475. The average Bonchev–Trinajstić information content (AvgIpc) is 2.61. The molecule has 3 rings (SSSR count). The summed E-state index contributed by atoms with van der Waals surface area (Å²) in [6.45, 7) is 1.64. The third kappa shape index (κ3) is 4.30. The molecule has 4 nitrogen and oxygen atoms in total. The van der Waals surface area contributed by atoms with Gasteiger partial charge < -0.3 is 10.0 Å². The highest BCUT2D eigenvalue weighted by Gasteiger charge is 2.09. The number of anilines is 1. The van der Waals surface area contributed by atoms with Crippen LogP contribution in [0.5, 0.6) is 5.75 Å². The van der Waals surface area contributed by atoms with Gasteiger partial charge in [0.05, 0.1) is 0 Å². The standard InChI is InChI=1S/C19H19N3O/c23-18-6-4-16(5-7-18)10-14-22(19-3-1-2-11-21-19)15-17-8-12-20-13-9-17/h1-9,11-13,23H,10,14-15H2. The minimum atomic E-state index is 0.298. The lowest BCUT2D eigenvalue weighted by Gasteiger charge is -2.24. The van der Waals surface area contributed by atoms with E-state index in [1.54, 1.807) is 12.1 Å². The molecule has 3 aromatic rings. The third-order valence-corrected chi connectivity index (χ3v) is 3.70. The molecule has 0 aliphatic carbocycles. The van der Waals surface area contributed by atoms with Gasteiger partial charge in [-0.1, -0.05) is 18.2 Å². The van der Waals surface area contributed by atoms with Crippen LogP contribution in [0, 0.1) is 0 Å². The number of rotatable bonds is 6. The van der Waals surface area contributed by atoms with Gasteiger partial charge in [-0.3, -0.25) is 4.98 Å². The molecule has 0 saturated carbocycles. The first kappa shape index (κ1) is 15.0. The van der Waals surface area contributed by atoms with E-state index in [1.807, 2.05) is 61.1 Å². The van der Waals surface area contributed by atoms with Gasteiger partial charge in [-0.05, 0) is 53.9 Å². The van der Waals surface area contributed by atoms with Crippen molar-refractivity contribution in [2.24, 2.45) is 0 Å². The number of phenols is 1. The molecular formula is C19H19N3O. The Bertz CT molecular complexity index is 715. The van der Waals surface area contributed by atoms with E-state index in [4.69, 9.17) is 0 Å². The maximum Gasteiger partial charge on any atom is 0.128 e. The van der Waals surface area contributed by atoms with Crippen LogP contribution in [0.4, 0.5) is 5.82 Å². The highest BCUT2D eigenvalue weighted by molar-refractivity contribution is 5.39. The lowest BCUT2D eigenvalue weighted by atomic mass is 10.1. The molecule has 0 aliphatic rings. The van der Waals surface area contributed by atoms with Crippen LogP contribution >= 0.6 is 0 Å². The van der Waals surface area contributed by atoms with Crippen LogP contribution in [0.15, 0.2) is 73.2 Å². The molecule has 1 N–H and O–H groups in total. The maximum absolute atomic E-state index is 9.38. The fraction of sp³-hybridized carbons (Fsp3) is 0.158. The lowest BCUT2D eigenvalue weighted by Crippen LogP contribution is -2.26. The van der Waals surface area contributed by atoms with Gasteiger partial charge in [-0.25, -0.2) is 4.98 Å². The van der Waals surface area contributed by atoms with E-state index >= 15 is 0 Å². The first-order valence-electron chi connectivity index (χ1n) is 7.64. The Kier molecular flexibility index (Phi) is 4.84. The Balaban J connectivity index is 1.74. The van der Waals surface area contributed by atoms with Gasteiger partial charge >= 0.3 is 0 Å². The van der Waals surface area contributed by atoms with E-state index in [-0.39, 0.29) is 0 Å². The Morgan fingerprint density at radius 1 is 0.826 bits per heavy atom. The molecule has 0 bridgehead atoms. The molecule has 2 heterocycles. The van der Waals surface area contributed by atoms with E-state index < -0.39 is 0 Å². The Labute approximate surface area is 136 Å². The second-order valence-electron chi connectivity index (χ2n) is 5.38. The molecule has 116 valence electrons. The molecule has 0 radical (unpaired) electrons. The van der Waals surface area contributed by atoms with Crippen molar-refractivity contribution in [2.45, 2.75) is 13.0 Å². The molecule has 4 heteroatoms. The van der Waals surface area contributed by atoms with Gasteiger partial charge in [0, 0.05) is 31.7 Å². The Morgan fingerprint density at radius 2 is 1.61 bits per heavy atom. The normalized spacial score (nSPS) is 10.4. The number of benzene rings is 1. The largest absolute Gasteiger partial charge is 0.508 e. The average molecular weight is 305 g/mol. The van der Waals surface area contributed by atoms with Crippen molar-refractivity contribution in [2.75, 3.05) is 11.4 Å². The van der Waals surface area contributed by atoms with Crippen molar-refractivity contribution >= 4 is 5.82 Å². The molecule has 0 unspecified atom stereocenters. The maximum atomic E-state index is 9.38. The number of aromatic hydroxyl groups is 1. The summed E-state index contributed by atoms with van der Waals surface area (Å²) in [7, 11) is 0. The molecule has 0 fully saturated rings. The monoisotopic (exact) mass is 305 g/mol. The number of nitrogens with zero attached hydrogens (tertiary/aromatic N) is 3. The van der Waals surface area contributed by atoms with Gasteiger partial charge in [0.2, 0.25) is 0 Å². The summed E-state index contributed by atoms with van der Waals surface area (Å²) in [6.07, 6.45) is 6.33. The van der Waals surface area contributed by atoms with Gasteiger partial charge in [-0.15, -0.1) is 0 Å². The van der Waals surface area contributed by atoms with Crippen LogP contribution < -0.4 is 4.90 Å². The smallest absolute Gasteiger partial charge is 0.128 e. The van der Waals surface area contributed by atoms with Gasteiger partial charge in [0.1, 0.15) is 11.6 Å². The predicted molar refractivity (Wildman–Crippen MR) is 91.3 cm³/mol. The molecule has 23 heavy (non-hydrogen) atoms. The van der Waals surface area contributed by atoms with Crippen molar-refractivity contribution in [3.8, 4) is 5.75 Å². The van der Waals surface area contributed by atoms with Crippen molar-refractivity contribution in [1.82, 2.24) is 9.97 Å². The zero-order valence-corrected chi connectivity index (χ0v) is 12.8. The molecule has 0 amide bonds. The van der Waals surface area contributed by atoms with Crippen LogP contribution in [0.1, 0.15) is 11.1 Å². The van der Waals surface area contributed by atoms with E-state index in [1.165, 1.54) is 11.1 Å². The number of aromatic nitrogens is 2. The minimum absolute atomic E-state index is 0.298. The summed E-state index contributed by atoms with van der Waals surface area (Å²) in [5.74, 6) is 1.26. The molecule has 1 aromatic carbocycles. The molecular weight excluding hydrogens is 286 g/mol.